The SMILES string of the molecule is CCOc1ccc(C=NNC(=O)CC(=O)Nc2ccc(Cl)cc2)cc1. The maximum absolute atomic E-state index is 11.8. The Morgan fingerprint density at radius 2 is 1.76 bits per heavy atom. The van der Waals surface area contributed by atoms with Crippen LogP contribution in [0.15, 0.2) is 53.6 Å². The van der Waals surface area contributed by atoms with E-state index in [1.807, 2.05) is 31.2 Å². The highest BCUT2D eigenvalue weighted by Crippen LogP contribution is 2.13. The number of hydrogen-bond donors (Lipinski definition) is 2. The molecular formula is C18H18ClN3O3. The fourth-order valence-electron chi connectivity index (χ4n) is 1.92. The predicted octanol–water partition coefficient (Wildman–Crippen LogP) is 3.22. The number of hydrogen-bond acceptors (Lipinski definition) is 4. The average Bonchev–Trinajstić information content (AvgIpc) is 2.59. The van der Waals surface area contributed by atoms with E-state index in [-0.39, 0.29) is 6.42 Å². The number of rotatable bonds is 7. The van der Waals surface area contributed by atoms with Crippen molar-refractivity contribution in [2.75, 3.05) is 11.9 Å². The molecule has 0 aliphatic carbocycles. The highest BCUT2D eigenvalue weighted by Gasteiger charge is 2.08. The third-order valence-electron chi connectivity index (χ3n) is 3.04. The van der Waals surface area contributed by atoms with Gasteiger partial charge in [-0.25, -0.2) is 5.43 Å². The molecule has 2 aromatic rings. The summed E-state index contributed by atoms with van der Waals surface area (Å²) in [7, 11) is 0. The number of carbonyl (C=O) groups is 2. The second-order valence-corrected chi connectivity index (χ2v) is 5.46. The number of nitrogens with zero attached hydrogens (tertiary/aromatic N) is 1. The van der Waals surface area contributed by atoms with E-state index < -0.39 is 11.8 Å². The van der Waals surface area contributed by atoms with Gasteiger partial charge in [0.05, 0.1) is 12.8 Å². The fourth-order valence-corrected chi connectivity index (χ4v) is 2.05. The summed E-state index contributed by atoms with van der Waals surface area (Å²) >= 11 is 5.76. The van der Waals surface area contributed by atoms with Crippen LogP contribution < -0.4 is 15.5 Å². The zero-order valence-electron chi connectivity index (χ0n) is 13.7. The van der Waals surface area contributed by atoms with Crippen molar-refractivity contribution in [1.82, 2.24) is 5.43 Å². The van der Waals surface area contributed by atoms with Crippen LogP contribution in [-0.4, -0.2) is 24.6 Å². The Morgan fingerprint density at radius 1 is 1.08 bits per heavy atom. The molecule has 2 amide bonds. The van der Waals surface area contributed by atoms with Crippen LogP contribution in [-0.2, 0) is 9.59 Å². The van der Waals surface area contributed by atoms with Crippen LogP contribution in [0.25, 0.3) is 0 Å². The fraction of sp³-hybridized carbons (Fsp3) is 0.167. The molecule has 0 heterocycles. The average molecular weight is 360 g/mol. The monoisotopic (exact) mass is 359 g/mol. The summed E-state index contributed by atoms with van der Waals surface area (Å²) in [5.41, 5.74) is 3.68. The van der Waals surface area contributed by atoms with Gasteiger partial charge in [0, 0.05) is 10.7 Å². The Hall–Kier alpha value is -2.86. The molecule has 130 valence electrons. The lowest BCUT2D eigenvalue weighted by Gasteiger charge is -2.04. The molecule has 2 N–H and O–H groups in total. The standard InChI is InChI=1S/C18H18ClN3O3/c1-2-25-16-9-3-13(4-10-16)12-20-22-18(24)11-17(23)21-15-7-5-14(19)6-8-15/h3-10,12H,2,11H2,1H3,(H,21,23)(H,22,24). The second-order valence-electron chi connectivity index (χ2n) is 5.03. The molecule has 25 heavy (non-hydrogen) atoms. The van der Waals surface area contributed by atoms with Crippen LogP contribution in [0.1, 0.15) is 18.9 Å². The summed E-state index contributed by atoms with van der Waals surface area (Å²) in [6.45, 7) is 2.51. The van der Waals surface area contributed by atoms with Gasteiger partial charge in [-0.05, 0) is 61.0 Å². The highest BCUT2D eigenvalue weighted by atomic mass is 35.5. The number of halogens is 1. The van der Waals surface area contributed by atoms with E-state index in [2.05, 4.69) is 15.8 Å². The summed E-state index contributed by atoms with van der Waals surface area (Å²) in [6.07, 6.45) is 1.16. The van der Waals surface area contributed by atoms with Gasteiger partial charge < -0.3 is 10.1 Å². The largest absolute Gasteiger partial charge is 0.494 e. The Kier molecular flexibility index (Phi) is 6.98. The number of anilines is 1. The van der Waals surface area contributed by atoms with Crippen LogP contribution in [0.5, 0.6) is 5.75 Å². The van der Waals surface area contributed by atoms with Crippen molar-refractivity contribution in [2.45, 2.75) is 13.3 Å². The first-order chi connectivity index (χ1) is 12.1. The van der Waals surface area contributed by atoms with E-state index in [1.165, 1.54) is 6.21 Å². The number of benzene rings is 2. The van der Waals surface area contributed by atoms with E-state index >= 15 is 0 Å². The first kappa shape index (κ1) is 18.5. The van der Waals surface area contributed by atoms with Crippen molar-refractivity contribution >= 4 is 35.3 Å². The Balaban J connectivity index is 1.77. The van der Waals surface area contributed by atoms with E-state index in [4.69, 9.17) is 16.3 Å². The Labute approximate surface area is 150 Å². The molecule has 0 aliphatic heterocycles. The normalized spacial score (nSPS) is 10.5. The van der Waals surface area contributed by atoms with Gasteiger partial charge in [0.1, 0.15) is 12.2 Å². The van der Waals surface area contributed by atoms with Crippen molar-refractivity contribution in [3.05, 3.63) is 59.1 Å². The van der Waals surface area contributed by atoms with Crippen LogP contribution in [0.3, 0.4) is 0 Å². The number of nitrogens with one attached hydrogen (secondary N) is 2. The van der Waals surface area contributed by atoms with Gasteiger partial charge in [-0.1, -0.05) is 11.6 Å². The molecule has 0 atom stereocenters. The first-order valence-electron chi connectivity index (χ1n) is 7.67. The summed E-state index contributed by atoms with van der Waals surface area (Å²) < 4.78 is 5.34. The number of hydrazone groups is 1. The van der Waals surface area contributed by atoms with Gasteiger partial charge in [0.15, 0.2) is 0 Å². The highest BCUT2D eigenvalue weighted by molar-refractivity contribution is 6.30. The maximum atomic E-state index is 11.8. The molecule has 0 aliphatic rings. The molecule has 7 heteroatoms. The topological polar surface area (TPSA) is 79.8 Å². The minimum absolute atomic E-state index is 0.330. The smallest absolute Gasteiger partial charge is 0.249 e. The first-order valence-corrected chi connectivity index (χ1v) is 8.05. The van der Waals surface area contributed by atoms with Crippen molar-refractivity contribution in [3.8, 4) is 5.75 Å². The number of carbonyl (C=O) groups excluding carboxylic acids is 2. The number of ether oxygens (including phenoxy) is 1. The van der Waals surface area contributed by atoms with Gasteiger partial charge in [0.25, 0.3) is 0 Å². The van der Waals surface area contributed by atoms with Crippen molar-refractivity contribution in [3.63, 3.8) is 0 Å². The molecular weight excluding hydrogens is 342 g/mol. The van der Waals surface area contributed by atoms with Gasteiger partial charge in [-0.2, -0.15) is 5.10 Å². The summed E-state index contributed by atoms with van der Waals surface area (Å²) in [5.74, 6) is -0.174. The quantitative estimate of drug-likeness (QED) is 0.452. The van der Waals surface area contributed by atoms with E-state index in [0.29, 0.717) is 17.3 Å². The van der Waals surface area contributed by atoms with Crippen LogP contribution >= 0.6 is 11.6 Å². The van der Waals surface area contributed by atoms with Crippen LogP contribution in [0.4, 0.5) is 5.69 Å². The molecule has 0 unspecified atom stereocenters. The Morgan fingerprint density at radius 3 is 2.40 bits per heavy atom. The zero-order valence-corrected chi connectivity index (χ0v) is 14.4. The summed E-state index contributed by atoms with van der Waals surface area (Å²) in [5, 5.41) is 7.00. The van der Waals surface area contributed by atoms with Crippen molar-refractivity contribution in [2.24, 2.45) is 5.10 Å². The molecule has 0 saturated heterocycles. The number of amides is 2. The van der Waals surface area contributed by atoms with Crippen molar-refractivity contribution < 1.29 is 14.3 Å². The van der Waals surface area contributed by atoms with E-state index in [0.717, 1.165) is 11.3 Å². The molecule has 2 aromatic carbocycles. The molecule has 0 fully saturated rings. The Bertz CT molecular complexity index is 743. The lowest BCUT2D eigenvalue weighted by atomic mass is 10.2. The van der Waals surface area contributed by atoms with Crippen molar-refractivity contribution in [1.29, 1.82) is 0 Å². The summed E-state index contributed by atoms with van der Waals surface area (Å²) in [6, 6.07) is 13.9. The lowest BCUT2D eigenvalue weighted by molar-refractivity contribution is -0.126. The molecule has 6 nitrogen and oxygen atoms in total. The van der Waals surface area contributed by atoms with E-state index in [1.54, 1.807) is 24.3 Å². The van der Waals surface area contributed by atoms with Gasteiger partial charge >= 0.3 is 0 Å². The van der Waals surface area contributed by atoms with E-state index in [9.17, 15) is 9.59 Å². The summed E-state index contributed by atoms with van der Waals surface area (Å²) in [4.78, 5) is 23.5. The molecule has 0 aromatic heterocycles. The second kappa shape index (κ2) is 9.44. The van der Waals surface area contributed by atoms with Gasteiger partial charge in [-0.3, -0.25) is 9.59 Å². The van der Waals surface area contributed by atoms with Gasteiger partial charge in [-0.15, -0.1) is 0 Å². The third-order valence-corrected chi connectivity index (χ3v) is 3.30. The zero-order chi connectivity index (χ0) is 18.1. The minimum Gasteiger partial charge on any atom is -0.494 e. The van der Waals surface area contributed by atoms with Crippen LogP contribution in [0.2, 0.25) is 5.02 Å². The predicted molar refractivity (Wildman–Crippen MR) is 98.0 cm³/mol. The third kappa shape index (κ3) is 6.64. The molecule has 0 saturated carbocycles. The molecule has 2 rings (SSSR count). The lowest BCUT2D eigenvalue weighted by Crippen LogP contribution is -2.24. The molecule has 0 bridgehead atoms. The minimum atomic E-state index is -0.506. The molecule has 0 radical (unpaired) electrons. The van der Waals surface area contributed by atoms with Gasteiger partial charge in [0.2, 0.25) is 11.8 Å². The van der Waals surface area contributed by atoms with Crippen LogP contribution in [0, 0.1) is 0 Å². The molecule has 0 spiro atoms. The maximum Gasteiger partial charge on any atom is 0.249 e.